The molecule has 1 aromatic rings. The molecule has 0 aliphatic heterocycles. The number of aliphatic hydroxyl groups is 1. The van der Waals surface area contributed by atoms with Gasteiger partial charge in [0.05, 0.1) is 6.61 Å². The van der Waals surface area contributed by atoms with E-state index in [2.05, 4.69) is 21.9 Å². The van der Waals surface area contributed by atoms with Gasteiger partial charge in [0.1, 0.15) is 13.2 Å². The first kappa shape index (κ1) is 14.7. The molecule has 0 atom stereocenters. The first-order valence-electron chi connectivity index (χ1n) is 5.67. The lowest BCUT2D eigenvalue weighted by Gasteiger charge is -2.07. The fourth-order valence-corrected chi connectivity index (χ4v) is 1.24. The third-order valence-corrected chi connectivity index (χ3v) is 2.15. The first-order chi connectivity index (χ1) is 9.15. The molecule has 0 fully saturated rings. The van der Waals surface area contributed by atoms with Crippen LogP contribution >= 0.6 is 0 Å². The minimum Gasteiger partial charge on any atom is -0.445 e. The number of alkyl carbamates (subject to hydrolysis) is 1. The van der Waals surface area contributed by atoms with Gasteiger partial charge in [0.2, 0.25) is 5.91 Å². The number of nitrogens with one attached hydrogen (secondary N) is 2. The molecule has 6 heteroatoms. The highest BCUT2D eigenvalue weighted by Gasteiger charge is 2.05. The second kappa shape index (κ2) is 7.88. The summed E-state index contributed by atoms with van der Waals surface area (Å²) in [5.41, 5.74) is 1.34. The second-order valence-corrected chi connectivity index (χ2v) is 3.64. The van der Waals surface area contributed by atoms with Crippen molar-refractivity contribution in [2.45, 2.75) is 6.61 Å². The van der Waals surface area contributed by atoms with Gasteiger partial charge < -0.3 is 20.5 Å². The summed E-state index contributed by atoms with van der Waals surface area (Å²) in [7, 11) is 0. The number of carbonyl (C=O) groups is 2. The first-order valence-corrected chi connectivity index (χ1v) is 5.67. The Morgan fingerprint density at radius 1 is 1.32 bits per heavy atom. The summed E-state index contributed by atoms with van der Waals surface area (Å²) in [6.45, 7) is 3.26. The fourth-order valence-electron chi connectivity index (χ4n) is 1.24. The van der Waals surface area contributed by atoms with E-state index in [0.717, 1.165) is 5.56 Å². The normalized spacial score (nSPS) is 9.53. The van der Waals surface area contributed by atoms with Crippen molar-refractivity contribution < 1.29 is 19.4 Å². The lowest BCUT2D eigenvalue weighted by atomic mass is 10.2. The molecule has 1 aromatic carbocycles. The monoisotopic (exact) mass is 264 g/mol. The number of hydrogen-bond acceptors (Lipinski definition) is 4. The Labute approximate surface area is 111 Å². The van der Waals surface area contributed by atoms with Gasteiger partial charge >= 0.3 is 6.09 Å². The predicted molar refractivity (Wildman–Crippen MR) is 70.5 cm³/mol. The molecule has 0 aliphatic rings. The molecule has 0 bridgehead atoms. The molecule has 0 radical (unpaired) electrons. The number of aliphatic hydroxyl groups excluding tert-OH is 1. The molecule has 0 spiro atoms. The molecule has 0 unspecified atom stereocenters. The zero-order chi connectivity index (χ0) is 14.1. The zero-order valence-corrected chi connectivity index (χ0v) is 10.4. The van der Waals surface area contributed by atoms with Gasteiger partial charge in [-0.15, -0.1) is 0 Å². The van der Waals surface area contributed by atoms with Crippen LogP contribution in [0.5, 0.6) is 0 Å². The number of anilines is 1. The largest absolute Gasteiger partial charge is 0.445 e. The van der Waals surface area contributed by atoms with E-state index < -0.39 is 6.09 Å². The third-order valence-electron chi connectivity index (χ3n) is 2.15. The maximum Gasteiger partial charge on any atom is 0.407 e. The molecule has 0 aliphatic carbocycles. The van der Waals surface area contributed by atoms with Crippen LogP contribution in [0.2, 0.25) is 0 Å². The number of amides is 2. The van der Waals surface area contributed by atoms with Crippen molar-refractivity contribution in [3.63, 3.8) is 0 Å². The van der Waals surface area contributed by atoms with Crippen LogP contribution in [0, 0.1) is 0 Å². The van der Waals surface area contributed by atoms with E-state index in [-0.39, 0.29) is 25.7 Å². The van der Waals surface area contributed by atoms with Crippen LogP contribution in [-0.4, -0.2) is 30.3 Å². The van der Waals surface area contributed by atoms with E-state index in [0.29, 0.717) is 5.69 Å². The van der Waals surface area contributed by atoms with Crippen LogP contribution < -0.4 is 10.6 Å². The highest BCUT2D eigenvalue weighted by molar-refractivity contribution is 5.93. The Morgan fingerprint density at radius 3 is 2.58 bits per heavy atom. The number of rotatable bonds is 6. The van der Waals surface area contributed by atoms with Gasteiger partial charge in [-0.05, 0) is 17.7 Å². The minimum absolute atomic E-state index is 0.0507. The number of hydrogen-bond donors (Lipinski definition) is 3. The highest BCUT2D eigenvalue weighted by Crippen LogP contribution is 2.08. The molecule has 19 heavy (non-hydrogen) atoms. The predicted octanol–water partition coefficient (Wildman–Crippen LogP) is 1.03. The number of ether oxygens (including phenoxy) is 1. The van der Waals surface area contributed by atoms with Crippen LogP contribution in [0.25, 0.3) is 0 Å². The quantitative estimate of drug-likeness (QED) is 0.670. The average Bonchev–Trinajstić information content (AvgIpc) is 2.43. The van der Waals surface area contributed by atoms with Crippen LogP contribution in [0.15, 0.2) is 36.9 Å². The van der Waals surface area contributed by atoms with Gasteiger partial charge in [0.15, 0.2) is 0 Å². The molecule has 2 amide bonds. The van der Waals surface area contributed by atoms with Gasteiger partial charge in [-0.3, -0.25) is 4.79 Å². The summed E-state index contributed by atoms with van der Waals surface area (Å²) in [4.78, 5) is 22.5. The molecule has 1 rings (SSSR count). The Morgan fingerprint density at radius 2 is 2.00 bits per heavy atom. The van der Waals surface area contributed by atoms with Crippen molar-refractivity contribution in [3.05, 3.63) is 42.5 Å². The van der Waals surface area contributed by atoms with Crippen molar-refractivity contribution in [3.8, 4) is 0 Å². The van der Waals surface area contributed by atoms with Crippen LogP contribution in [0.3, 0.4) is 0 Å². The molecule has 6 nitrogen and oxygen atoms in total. The van der Waals surface area contributed by atoms with E-state index in [9.17, 15) is 9.59 Å². The molecule has 0 saturated heterocycles. The smallest absolute Gasteiger partial charge is 0.407 e. The average molecular weight is 264 g/mol. The second-order valence-electron chi connectivity index (χ2n) is 3.64. The molecule has 102 valence electrons. The van der Waals surface area contributed by atoms with Crippen LogP contribution in [0.4, 0.5) is 10.5 Å². The zero-order valence-electron chi connectivity index (χ0n) is 10.4. The number of benzene rings is 1. The highest BCUT2D eigenvalue weighted by atomic mass is 16.5. The molecule has 0 heterocycles. The van der Waals surface area contributed by atoms with Gasteiger partial charge in [-0.25, -0.2) is 4.79 Å². The Hall–Kier alpha value is -2.34. The summed E-state index contributed by atoms with van der Waals surface area (Å²) in [5.74, 6) is -0.368. The minimum atomic E-state index is -0.675. The molecular weight excluding hydrogens is 248 g/mol. The Bertz CT molecular complexity index is 442. The summed E-state index contributed by atoms with van der Waals surface area (Å²) in [6, 6.07) is 6.72. The van der Waals surface area contributed by atoms with Crippen LogP contribution in [-0.2, 0) is 16.1 Å². The molecular formula is C13H16N2O4. The SMILES string of the molecule is C=CCOC(=O)NCC(=O)Nc1ccc(CO)cc1. The summed E-state index contributed by atoms with van der Waals surface area (Å²) in [6.07, 6.45) is 0.758. The molecule has 3 N–H and O–H groups in total. The van der Waals surface area contributed by atoms with Gasteiger partial charge in [-0.1, -0.05) is 24.8 Å². The van der Waals surface area contributed by atoms with Crippen molar-refractivity contribution in [1.29, 1.82) is 0 Å². The van der Waals surface area contributed by atoms with Gasteiger partial charge in [0, 0.05) is 5.69 Å². The van der Waals surface area contributed by atoms with Gasteiger partial charge in [-0.2, -0.15) is 0 Å². The standard InChI is InChI=1S/C13H16N2O4/c1-2-7-19-13(18)14-8-12(17)15-11-5-3-10(9-16)4-6-11/h2-6,16H,1,7-9H2,(H,14,18)(H,15,17). The van der Waals surface area contributed by atoms with E-state index in [4.69, 9.17) is 5.11 Å². The lowest BCUT2D eigenvalue weighted by Crippen LogP contribution is -2.33. The maximum atomic E-state index is 11.5. The van der Waals surface area contributed by atoms with Crippen molar-refractivity contribution >= 4 is 17.7 Å². The fraction of sp³-hybridized carbons (Fsp3) is 0.231. The van der Waals surface area contributed by atoms with Gasteiger partial charge in [0.25, 0.3) is 0 Å². The molecule has 0 saturated carbocycles. The lowest BCUT2D eigenvalue weighted by molar-refractivity contribution is -0.115. The van der Waals surface area contributed by atoms with Crippen molar-refractivity contribution in [2.75, 3.05) is 18.5 Å². The van der Waals surface area contributed by atoms with E-state index in [1.165, 1.54) is 6.08 Å². The van der Waals surface area contributed by atoms with Crippen molar-refractivity contribution in [2.24, 2.45) is 0 Å². The Balaban J connectivity index is 2.34. The maximum absolute atomic E-state index is 11.5. The van der Waals surface area contributed by atoms with E-state index in [1.807, 2.05) is 0 Å². The third kappa shape index (κ3) is 5.69. The summed E-state index contributed by atoms with van der Waals surface area (Å²) >= 11 is 0. The van der Waals surface area contributed by atoms with Crippen LogP contribution in [0.1, 0.15) is 5.56 Å². The summed E-state index contributed by atoms with van der Waals surface area (Å²) in [5, 5.41) is 13.8. The number of carbonyl (C=O) groups excluding carboxylic acids is 2. The topological polar surface area (TPSA) is 87.7 Å². The van der Waals surface area contributed by atoms with E-state index in [1.54, 1.807) is 24.3 Å². The van der Waals surface area contributed by atoms with Crippen molar-refractivity contribution in [1.82, 2.24) is 5.32 Å². The molecule has 0 aromatic heterocycles. The van der Waals surface area contributed by atoms with E-state index >= 15 is 0 Å². The Kier molecular flexibility index (Phi) is 6.11. The summed E-state index contributed by atoms with van der Waals surface area (Å²) < 4.78 is 4.65.